The predicted molar refractivity (Wildman–Crippen MR) is 89.3 cm³/mol. The summed E-state index contributed by atoms with van der Waals surface area (Å²) >= 11 is 0. The quantitative estimate of drug-likeness (QED) is 0.945. The van der Waals surface area contributed by atoms with Gasteiger partial charge in [-0.25, -0.2) is 9.97 Å². The first kappa shape index (κ1) is 13.7. The van der Waals surface area contributed by atoms with Crippen LogP contribution in [0, 0.1) is 6.92 Å². The minimum atomic E-state index is 0.635. The number of hydrogen-bond acceptors (Lipinski definition) is 4. The highest BCUT2D eigenvalue weighted by molar-refractivity contribution is 5.63. The Balaban J connectivity index is 1.74. The lowest BCUT2D eigenvalue weighted by molar-refractivity contribution is 0.586. The van der Waals surface area contributed by atoms with Gasteiger partial charge in [0.15, 0.2) is 5.82 Å². The lowest BCUT2D eigenvalue weighted by atomic mass is 10.1. The number of benzene rings is 1. The first-order valence-electron chi connectivity index (χ1n) is 8.21. The van der Waals surface area contributed by atoms with Gasteiger partial charge in [-0.2, -0.15) is 0 Å². The molecular formula is C18H22N4. The number of rotatable bonds is 3. The maximum atomic E-state index is 4.97. The topological polar surface area (TPSA) is 41.1 Å². The van der Waals surface area contributed by atoms with Crippen molar-refractivity contribution < 1.29 is 0 Å². The van der Waals surface area contributed by atoms with E-state index in [-0.39, 0.29) is 0 Å². The van der Waals surface area contributed by atoms with Crippen LogP contribution in [0.3, 0.4) is 0 Å². The van der Waals surface area contributed by atoms with Crippen LogP contribution in [0.4, 0.5) is 5.69 Å². The molecule has 1 aliphatic carbocycles. The van der Waals surface area contributed by atoms with Crippen LogP contribution in [0.25, 0.3) is 11.4 Å². The average Bonchev–Trinajstić information content (AvgIpc) is 3.41. The first-order chi connectivity index (χ1) is 10.8. The van der Waals surface area contributed by atoms with Gasteiger partial charge in [0.1, 0.15) is 0 Å². The van der Waals surface area contributed by atoms with E-state index in [0.29, 0.717) is 5.92 Å². The van der Waals surface area contributed by atoms with E-state index < -0.39 is 0 Å². The van der Waals surface area contributed by atoms with Crippen LogP contribution in [-0.4, -0.2) is 36.1 Å². The van der Waals surface area contributed by atoms with Crippen LogP contribution in [0.5, 0.6) is 0 Å². The van der Waals surface area contributed by atoms with Crippen molar-refractivity contribution in [1.29, 1.82) is 0 Å². The molecule has 0 amide bonds. The van der Waals surface area contributed by atoms with Gasteiger partial charge in [-0.05, 0) is 25.3 Å². The number of nitrogens with one attached hydrogen (secondary N) is 1. The summed E-state index contributed by atoms with van der Waals surface area (Å²) in [7, 11) is 0. The summed E-state index contributed by atoms with van der Waals surface area (Å²) < 4.78 is 0. The van der Waals surface area contributed by atoms with E-state index in [4.69, 9.17) is 4.98 Å². The maximum Gasteiger partial charge on any atom is 0.159 e. The Morgan fingerprint density at radius 2 is 1.91 bits per heavy atom. The Kier molecular flexibility index (Phi) is 3.54. The van der Waals surface area contributed by atoms with Crippen molar-refractivity contribution in [2.75, 3.05) is 31.1 Å². The molecule has 0 bridgehead atoms. The molecule has 4 nitrogen and oxygen atoms in total. The standard InChI is InChI=1S/C18H22N4/c1-13-4-2-3-5-15(13)18-20-12-16(17(21-18)14-6-7-14)22-10-8-19-9-11-22/h2-5,12,14,19H,6-11H2,1H3. The molecule has 1 saturated carbocycles. The Morgan fingerprint density at radius 3 is 2.64 bits per heavy atom. The molecule has 2 fully saturated rings. The summed E-state index contributed by atoms with van der Waals surface area (Å²) in [6, 6.07) is 8.37. The van der Waals surface area contributed by atoms with Crippen molar-refractivity contribution in [3.05, 3.63) is 41.7 Å². The van der Waals surface area contributed by atoms with E-state index in [2.05, 4.69) is 46.4 Å². The van der Waals surface area contributed by atoms with Crippen molar-refractivity contribution in [3.63, 3.8) is 0 Å². The molecule has 1 N–H and O–H groups in total. The number of piperazine rings is 1. The monoisotopic (exact) mass is 294 g/mol. The second-order valence-electron chi connectivity index (χ2n) is 6.29. The second kappa shape index (κ2) is 5.69. The molecule has 0 atom stereocenters. The number of aromatic nitrogens is 2. The van der Waals surface area contributed by atoms with Gasteiger partial charge in [0.05, 0.1) is 17.6 Å². The van der Waals surface area contributed by atoms with Crippen molar-refractivity contribution >= 4 is 5.69 Å². The van der Waals surface area contributed by atoms with Crippen LogP contribution in [0.15, 0.2) is 30.5 Å². The summed E-state index contributed by atoms with van der Waals surface area (Å²) in [6.07, 6.45) is 4.58. The summed E-state index contributed by atoms with van der Waals surface area (Å²) in [5.41, 5.74) is 4.90. The Hall–Kier alpha value is -1.94. The molecule has 1 aromatic heterocycles. The maximum absolute atomic E-state index is 4.97. The normalized spacial score (nSPS) is 18.5. The fraction of sp³-hybridized carbons (Fsp3) is 0.444. The fourth-order valence-corrected chi connectivity index (χ4v) is 3.15. The highest BCUT2D eigenvalue weighted by Crippen LogP contribution is 2.43. The van der Waals surface area contributed by atoms with E-state index in [1.54, 1.807) is 0 Å². The largest absolute Gasteiger partial charge is 0.366 e. The SMILES string of the molecule is Cc1ccccc1-c1ncc(N2CCNCC2)c(C2CC2)n1. The fourth-order valence-electron chi connectivity index (χ4n) is 3.15. The van der Waals surface area contributed by atoms with Crippen molar-refractivity contribution in [2.24, 2.45) is 0 Å². The molecule has 2 aromatic rings. The van der Waals surface area contributed by atoms with E-state index in [1.165, 1.54) is 29.8 Å². The summed E-state index contributed by atoms with van der Waals surface area (Å²) in [6.45, 7) is 6.31. The van der Waals surface area contributed by atoms with Crippen LogP contribution < -0.4 is 10.2 Å². The number of anilines is 1. The van der Waals surface area contributed by atoms with Gasteiger partial charge in [-0.1, -0.05) is 24.3 Å². The summed E-state index contributed by atoms with van der Waals surface area (Å²) in [5, 5.41) is 3.41. The third-order valence-electron chi connectivity index (χ3n) is 4.61. The zero-order chi connectivity index (χ0) is 14.9. The average molecular weight is 294 g/mol. The first-order valence-corrected chi connectivity index (χ1v) is 8.21. The molecule has 0 spiro atoms. The molecule has 114 valence electrons. The van der Waals surface area contributed by atoms with E-state index in [9.17, 15) is 0 Å². The molecule has 1 aromatic carbocycles. The molecule has 2 heterocycles. The second-order valence-corrected chi connectivity index (χ2v) is 6.29. The lowest BCUT2D eigenvalue weighted by Crippen LogP contribution is -2.44. The van der Waals surface area contributed by atoms with Gasteiger partial charge in [-0.15, -0.1) is 0 Å². The minimum absolute atomic E-state index is 0.635. The molecule has 4 heteroatoms. The van der Waals surface area contributed by atoms with Gasteiger partial charge < -0.3 is 10.2 Å². The zero-order valence-electron chi connectivity index (χ0n) is 13.0. The number of hydrogen-bond donors (Lipinski definition) is 1. The molecule has 1 saturated heterocycles. The highest BCUT2D eigenvalue weighted by atomic mass is 15.2. The smallest absolute Gasteiger partial charge is 0.159 e. The van der Waals surface area contributed by atoms with E-state index >= 15 is 0 Å². The molecule has 22 heavy (non-hydrogen) atoms. The molecule has 0 radical (unpaired) electrons. The predicted octanol–water partition coefficient (Wildman–Crippen LogP) is 2.74. The van der Waals surface area contributed by atoms with Crippen molar-refractivity contribution in [2.45, 2.75) is 25.7 Å². The Morgan fingerprint density at radius 1 is 1.14 bits per heavy atom. The van der Waals surface area contributed by atoms with Gasteiger partial charge in [0, 0.05) is 37.7 Å². The van der Waals surface area contributed by atoms with Gasteiger partial charge >= 0.3 is 0 Å². The Labute approximate surface area is 131 Å². The van der Waals surface area contributed by atoms with Gasteiger partial charge in [-0.3, -0.25) is 0 Å². The van der Waals surface area contributed by atoms with Crippen LogP contribution in [-0.2, 0) is 0 Å². The molecule has 0 unspecified atom stereocenters. The number of nitrogens with zero attached hydrogens (tertiary/aromatic N) is 3. The van der Waals surface area contributed by atoms with Crippen LogP contribution in [0.1, 0.15) is 30.0 Å². The minimum Gasteiger partial charge on any atom is -0.366 e. The third kappa shape index (κ3) is 2.59. The summed E-state index contributed by atoms with van der Waals surface area (Å²) in [4.78, 5) is 12.1. The van der Waals surface area contributed by atoms with Crippen LogP contribution in [0.2, 0.25) is 0 Å². The Bertz CT molecular complexity index is 673. The van der Waals surface area contributed by atoms with Crippen LogP contribution >= 0.6 is 0 Å². The third-order valence-corrected chi connectivity index (χ3v) is 4.61. The van der Waals surface area contributed by atoms with Crippen molar-refractivity contribution in [1.82, 2.24) is 15.3 Å². The molecule has 4 rings (SSSR count). The highest BCUT2D eigenvalue weighted by Gasteiger charge is 2.30. The van der Waals surface area contributed by atoms with Gasteiger partial charge in [0.2, 0.25) is 0 Å². The molecule has 2 aliphatic rings. The van der Waals surface area contributed by atoms with E-state index in [0.717, 1.165) is 37.6 Å². The van der Waals surface area contributed by atoms with E-state index in [1.807, 2.05) is 6.20 Å². The van der Waals surface area contributed by atoms with Crippen molar-refractivity contribution in [3.8, 4) is 11.4 Å². The van der Waals surface area contributed by atoms with Gasteiger partial charge in [0.25, 0.3) is 0 Å². The number of aryl methyl sites for hydroxylation is 1. The molecular weight excluding hydrogens is 272 g/mol. The zero-order valence-corrected chi connectivity index (χ0v) is 13.0. The summed E-state index contributed by atoms with van der Waals surface area (Å²) in [5.74, 6) is 1.51. The molecule has 1 aliphatic heterocycles. The lowest BCUT2D eigenvalue weighted by Gasteiger charge is -2.30.